The molecule has 2 N–H and O–H groups in total. The molecule has 6 heteroatoms. The molecule has 0 fully saturated rings. The van der Waals surface area contributed by atoms with E-state index in [1.165, 1.54) is 0 Å². The van der Waals surface area contributed by atoms with Gasteiger partial charge in [0, 0.05) is 29.7 Å². The summed E-state index contributed by atoms with van der Waals surface area (Å²) in [5, 5.41) is 16.4. The number of hydrogen-bond donors (Lipinski definition) is 2. The number of aryl methyl sites for hydroxylation is 1. The molecule has 0 aliphatic rings. The number of hydrogen-bond acceptors (Lipinski definition) is 4. The summed E-state index contributed by atoms with van der Waals surface area (Å²) in [5.74, 6) is -0.981. The summed E-state index contributed by atoms with van der Waals surface area (Å²) in [5.41, 5.74) is 2.30. The van der Waals surface area contributed by atoms with Crippen molar-refractivity contribution >= 4 is 5.97 Å². The lowest BCUT2D eigenvalue weighted by Crippen LogP contribution is -2.11. The van der Waals surface area contributed by atoms with E-state index in [4.69, 9.17) is 10.4 Å². The molecule has 2 heterocycles. The van der Waals surface area contributed by atoms with Crippen LogP contribution in [0.4, 0.5) is 0 Å². The van der Waals surface area contributed by atoms with Crippen LogP contribution in [-0.4, -0.2) is 21.0 Å². The van der Waals surface area contributed by atoms with Crippen molar-refractivity contribution in [1.29, 1.82) is 5.26 Å². The van der Waals surface area contributed by atoms with Crippen molar-refractivity contribution in [2.24, 2.45) is 0 Å². The Balaban J connectivity index is 0.000000594. The zero-order chi connectivity index (χ0) is 17.8. The van der Waals surface area contributed by atoms with E-state index in [1.54, 1.807) is 25.4 Å². The number of aliphatic carboxylic acids is 1. The molecule has 0 aliphatic heterocycles. The predicted octanol–water partition coefficient (Wildman–Crippen LogP) is 2.68. The van der Waals surface area contributed by atoms with Crippen LogP contribution in [0.2, 0.25) is 0 Å². The monoisotopic (exact) mass is 311 g/mol. The zero-order valence-electron chi connectivity index (χ0n) is 12.7. The number of nitrogens with one attached hydrogen (secondary N) is 1. The maximum atomic E-state index is 11.4. The van der Waals surface area contributed by atoms with Crippen LogP contribution >= 0.6 is 0 Å². The van der Waals surface area contributed by atoms with Crippen LogP contribution in [0, 0.1) is 18.3 Å². The van der Waals surface area contributed by atoms with Gasteiger partial charge in [-0.15, -0.1) is 13.2 Å². The molecule has 0 atom stereocenters. The molecule has 0 aliphatic carbocycles. The minimum atomic E-state index is -0.981. The molecule has 0 saturated carbocycles. The number of nitrogens with zero attached hydrogens (tertiary/aromatic N) is 2. The Morgan fingerprint density at radius 1 is 1.39 bits per heavy atom. The zero-order valence-corrected chi connectivity index (χ0v) is 12.7. The standard InChI is InChI=1S/C12H9N3O.C3H4O2.C2H4/c1-8-11(9-2-4-14-5-3-9)6-10(7-13)12(16)15-8;1-2-3(4)5;1-2/h2-6H,1H3,(H,15,16);2H,1H2,(H,4,5);1-2H2. The van der Waals surface area contributed by atoms with Crippen molar-refractivity contribution in [1.82, 2.24) is 9.97 Å². The van der Waals surface area contributed by atoms with Crippen LogP contribution in [0.25, 0.3) is 11.1 Å². The maximum absolute atomic E-state index is 11.4. The molecule has 0 bridgehead atoms. The minimum absolute atomic E-state index is 0.123. The Morgan fingerprint density at radius 3 is 2.35 bits per heavy atom. The van der Waals surface area contributed by atoms with E-state index < -0.39 is 5.97 Å². The van der Waals surface area contributed by atoms with Crippen molar-refractivity contribution in [3.05, 3.63) is 78.0 Å². The molecule has 0 saturated heterocycles. The molecule has 23 heavy (non-hydrogen) atoms. The molecule has 0 spiro atoms. The number of carbonyl (C=O) groups is 1. The third kappa shape index (κ3) is 6.23. The number of nitriles is 1. The average Bonchev–Trinajstić information content (AvgIpc) is 2.58. The first-order chi connectivity index (χ1) is 11.0. The van der Waals surface area contributed by atoms with Crippen LogP contribution in [0.5, 0.6) is 0 Å². The lowest BCUT2D eigenvalue weighted by molar-refractivity contribution is -0.131. The predicted molar refractivity (Wildman–Crippen MR) is 88.8 cm³/mol. The highest BCUT2D eigenvalue weighted by Gasteiger charge is 2.06. The SMILES string of the molecule is C=C.C=CC(=O)O.Cc1[nH]c(=O)c(C#N)cc1-c1ccncc1. The van der Waals surface area contributed by atoms with E-state index in [-0.39, 0.29) is 11.1 Å². The van der Waals surface area contributed by atoms with Crippen molar-refractivity contribution < 1.29 is 9.90 Å². The van der Waals surface area contributed by atoms with Crippen LogP contribution in [0.15, 0.2) is 61.2 Å². The van der Waals surface area contributed by atoms with Gasteiger partial charge in [0.2, 0.25) is 0 Å². The van der Waals surface area contributed by atoms with Crippen LogP contribution in [-0.2, 0) is 4.79 Å². The van der Waals surface area contributed by atoms with Gasteiger partial charge in [-0.1, -0.05) is 6.58 Å². The van der Waals surface area contributed by atoms with E-state index in [9.17, 15) is 9.59 Å². The highest BCUT2D eigenvalue weighted by Crippen LogP contribution is 2.20. The van der Waals surface area contributed by atoms with E-state index in [2.05, 4.69) is 29.7 Å². The number of carboxylic acid groups (broad SMARTS) is 1. The Kier molecular flexibility index (Phi) is 8.74. The topological polar surface area (TPSA) is 107 Å². The van der Waals surface area contributed by atoms with Gasteiger partial charge in [-0.3, -0.25) is 9.78 Å². The van der Waals surface area contributed by atoms with Gasteiger partial charge in [0.25, 0.3) is 5.56 Å². The van der Waals surface area contributed by atoms with Gasteiger partial charge in [-0.2, -0.15) is 5.26 Å². The van der Waals surface area contributed by atoms with Gasteiger partial charge in [-0.05, 0) is 30.7 Å². The van der Waals surface area contributed by atoms with E-state index in [0.29, 0.717) is 0 Å². The van der Waals surface area contributed by atoms with E-state index in [1.807, 2.05) is 18.2 Å². The molecule has 2 aromatic heterocycles. The number of rotatable bonds is 2. The van der Waals surface area contributed by atoms with Crippen LogP contribution in [0.3, 0.4) is 0 Å². The smallest absolute Gasteiger partial charge is 0.327 e. The first-order valence-corrected chi connectivity index (χ1v) is 6.39. The molecule has 0 radical (unpaired) electrons. The lowest BCUT2D eigenvalue weighted by Gasteiger charge is -2.05. The maximum Gasteiger partial charge on any atom is 0.327 e. The normalized spacial score (nSPS) is 8.35. The summed E-state index contributed by atoms with van der Waals surface area (Å²) >= 11 is 0. The highest BCUT2D eigenvalue weighted by molar-refractivity contribution is 5.78. The van der Waals surface area contributed by atoms with Gasteiger partial charge < -0.3 is 10.1 Å². The van der Waals surface area contributed by atoms with Gasteiger partial charge in [-0.25, -0.2) is 4.79 Å². The fourth-order valence-electron chi connectivity index (χ4n) is 1.54. The van der Waals surface area contributed by atoms with Gasteiger partial charge >= 0.3 is 5.97 Å². The molecule has 0 aromatic carbocycles. The lowest BCUT2D eigenvalue weighted by atomic mass is 10.0. The second-order valence-electron chi connectivity index (χ2n) is 3.94. The number of carboxylic acids is 1. The van der Waals surface area contributed by atoms with E-state index in [0.717, 1.165) is 22.9 Å². The molecule has 6 nitrogen and oxygen atoms in total. The van der Waals surface area contributed by atoms with Crippen LogP contribution < -0.4 is 5.56 Å². The molecular formula is C17H17N3O3. The van der Waals surface area contributed by atoms with Crippen molar-refractivity contribution in [2.45, 2.75) is 6.92 Å². The molecule has 118 valence electrons. The van der Waals surface area contributed by atoms with E-state index >= 15 is 0 Å². The second kappa shape index (κ2) is 10.3. The average molecular weight is 311 g/mol. The quantitative estimate of drug-likeness (QED) is 0.655. The summed E-state index contributed by atoms with van der Waals surface area (Å²) in [6.07, 6.45) is 4.18. The number of aromatic amines is 1. The summed E-state index contributed by atoms with van der Waals surface area (Å²) in [6.45, 7) is 10.8. The van der Waals surface area contributed by atoms with Crippen LogP contribution in [0.1, 0.15) is 11.3 Å². The first kappa shape index (κ1) is 19.5. The van der Waals surface area contributed by atoms with Crippen molar-refractivity contribution in [2.75, 3.05) is 0 Å². The first-order valence-electron chi connectivity index (χ1n) is 6.39. The molecule has 0 amide bonds. The van der Waals surface area contributed by atoms with Gasteiger partial charge in [0.1, 0.15) is 11.6 Å². The summed E-state index contributed by atoms with van der Waals surface area (Å²) < 4.78 is 0. The fraction of sp³-hybridized carbons (Fsp3) is 0.0588. The number of aromatic nitrogens is 2. The number of pyridine rings is 2. The molecule has 2 rings (SSSR count). The Hall–Kier alpha value is -3.46. The molecule has 2 aromatic rings. The van der Waals surface area contributed by atoms with Crippen molar-refractivity contribution in [3.63, 3.8) is 0 Å². The molecular weight excluding hydrogens is 294 g/mol. The second-order valence-corrected chi connectivity index (χ2v) is 3.94. The fourth-order valence-corrected chi connectivity index (χ4v) is 1.54. The minimum Gasteiger partial charge on any atom is -0.478 e. The Morgan fingerprint density at radius 2 is 1.91 bits per heavy atom. The summed E-state index contributed by atoms with van der Waals surface area (Å²) in [7, 11) is 0. The Bertz CT molecular complexity index is 759. The molecule has 0 unspecified atom stereocenters. The van der Waals surface area contributed by atoms with Gasteiger partial charge in [0.15, 0.2) is 0 Å². The summed E-state index contributed by atoms with van der Waals surface area (Å²) in [6, 6.07) is 7.14. The summed E-state index contributed by atoms with van der Waals surface area (Å²) in [4.78, 5) is 27.2. The highest BCUT2D eigenvalue weighted by atomic mass is 16.4. The Labute approximate surface area is 134 Å². The third-order valence-electron chi connectivity index (χ3n) is 2.52. The number of H-pyrrole nitrogens is 1. The third-order valence-corrected chi connectivity index (χ3v) is 2.52. The van der Waals surface area contributed by atoms with Crippen molar-refractivity contribution in [3.8, 4) is 17.2 Å². The van der Waals surface area contributed by atoms with Gasteiger partial charge in [0.05, 0.1) is 0 Å². The largest absolute Gasteiger partial charge is 0.478 e.